The van der Waals surface area contributed by atoms with Crippen LogP contribution in [0.4, 0.5) is 8.78 Å². The summed E-state index contributed by atoms with van der Waals surface area (Å²) in [5, 5.41) is 4.26. The van der Waals surface area contributed by atoms with Gasteiger partial charge in [0.05, 0.1) is 6.04 Å². The van der Waals surface area contributed by atoms with Crippen molar-refractivity contribution < 1.29 is 8.78 Å². The van der Waals surface area contributed by atoms with Gasteiger partial charge in [0.2, 0.25) is 0 Å². The monoisotopic (exact) mass is 249 g/mol. The molecule has 0 saturated heterocycles. The molecule has 2 aromatic heterocycles. The van der Waals surface area contributed by atoms with Crippen LogP contribution in [0, 0.1) is 0 Å². The van der Waals surface area contributed by atoms with Gasteiger partial charge in [-0.3, -0.25) is 9.67 Å². The van der Waals surface area contributed by atoms with Crippen LogP contribution in [0.2, 0.25) is 0 Å². The third-order valence-corrected chi connectivity index (χ3v) is 2.85. The molecule has 0 radical (unpaired) electrons. The van der Waals surface area contributed by atoms with Crippen molar-refractivity contribution in [2.24, 2.45) is 0 Å². The topological polar surface area (TPSA) is 30.7 Å². The van der Waals surface area contributed by atoms with Crippen LogP contribution in [0.5, 0.6) is 0 Å². The predicted octanol–water partition coefficient (Wildman–Crippen LogP) is 1.47. The summed E-state index contributed by atoms with van der Waals surface area (Å²) in [6.45, 7) is 2.03. The molecule has 0 saturated carbocycles. The molecule has 6 heteroatoms. The van der Waals surface area contributed by atoms with Crippen LogP contribution < -0.4 is 5.46 Å². The van der Waals surface area contributed by atoms with Gasteiger partial charge in [0.1, 0.15) is 13.5 Å². The summed E-state index contributed by atoms with van der Waals surface area (Å²) in [5.41, 5.74) is 1.78. The molecule has 0 aromatic carbocycles. The highest BCUT2D eigenvalue weighted by Gasteiger charge is 2.14. The van der Waals surface area contributed by atoms with Crippen LogP contribution in [0.1, 0.15) is 37.1 Å². The first-order valence-electron chi connectivity index (χ1n) is 5.86. The van der Waals surface area contributed by atoms with Gasteiger partial charge in [0.25, 0.3) is 6.43 Å². The van der Waals surface area contributed by atoms with E-state index in [1.807, 2.05) is 25.6 Å². The van der Waals surface area contributed by atoms with Crippen LogP contribution >= 0.6 is 0 Å². The number of nitrogens with zero attached hydrogens (tertiary/aromatic N) is 3. The summed E-state index contributed by atoms with van der Waals surface area (Å²) < 4.78 is 26.7. The summed E-state index contributed by atoms with van der Waals surface area (Å²) in [4.78, 5) is 3.79. The smallest absolute Gasteiger partial charge is 0.266 e. The molecule has 2 heterocycles. The first-order valence-corrected chi connectivity index (χ1v) is 5.86. The van der Waals surface area contributed by atoms with Crippen LogP contribution in [-0.4, -0.2) is 22.6 Å². The molecular weight excluding hydrogens is 235 g/mol. The van der Waals surface area contributed by atoms with Crippen molar-refractivity contribution in [2.75, 3.05) is 0 Å². The van der Waals surface area contributed by atoms with Crippen LogP contribution in [0.3, 0.4) is 0 Å². The van der Waals surface area contributed by atoms with Gasteiger partial charge in [-0.1, -0.05) is 18.5 Å². The molecule has 94 valence electrons. The highest BCUT2D eigenvalue weighted by molar-refractivity contribution is 6.31. The van der Waals surface area contributed by atoms with Crippen molar-refractivity contribution >= 4 is 13.3 Å². The number of rotatable bonds is 4. The van der Waals surface area contributed by atoms with E-state index in [-0.39, 0.29) is 11.7 Å². The second-order valence-electron chi connectivity index (χ2n) is 4.24. The molecule has 0 aliphatic heterocycles. The zero-order valence-corrected chi connectivity index (χ0v) is 10.3. The molecular formula is C12H14BF2N3. The van der Waals surface area contributed by atoms with E-state index in [4.69, 9.17) is 0 Å². The van der Waals surface area contributed by atoms with Crippen LogP contribution in [0.15, 0.2) is 30.7 Å². The van der Waals surface area contributed by atoms with Crippen molar-refractivity contribution in [3.05, 3.63) is 42.0 Å². The molecule has 1 atom stereocenters. The number of aromatic nitrogens is 3. The van der Waals surface area contributed by atoms with E-state index in [2.05, 4.69) is 10.1 Å². The maximum atomic E-state index is 12.4. The second kappa shape index (κ2) is 5.29. The van der Waals surface area contributed by atoms with Crippen molar-refractivity contribution in [3.8, 4) is 0 Å². The van der Waals surface area contributed by atoms with Gasteiger partial charge < -0.3 is 0 Å². The van der Waals surface area contributed by atoms with E-state index in [1.165, 1.54) is 12.3 Å². The van der Waals surface area contributed by atoms with Gasteiger partial charge >= 0.3 is 0 Å². The summed E-state index contributed by atoms with van der Waals surface area (Å²) in [6.07, 6.45) is 3.54. The quantitative estimate of drug-likeness (QED) is 0.768. The molecule has 18 heavy (non-hydrogen) atoms. The molecule has 0 bridgehead atoms. The normalized spacial score (nSPS) is 12.9. The summed E-state index contributed by atoms with van der Waals surface area (Å²) in [6, 6.07) is 3.11. The van der Waals surface area contributed by atoms with E-state index in [9.17, 15) is 8.78 Å². The van der Waals surface area contributed by atoms with Crippen LogP contribution in [0.25, 0.3) is 0 Å². The lowest BCUT2D eigenvalue weighted by Crippen LogP contribution is -2.11. The molecule has 0 aliphatic carbocycles. The minimum atomic E-state index is -2.52. The number of alkyl halides is 2. The van der Waals surface area contributed by atoms with Crippen LogP contribution in [-0.2, 0) is 0 Å². The average Bonchev–Trinajstić information content (AvgIpc) is 2.77. The van der Waals surface area contributed by atoms with E-state index in [0.29, 0.717) is 0 Å². The molecule has 2 rings (SSSR count). The minimum Gasteiger partial charge on any atom is -0.266 e. The Bertz CT molecular complexity index is 510. The Hall–Kier alpha value is -1.72. The third kappa shape index (κ3) is 2.58. The van der Waals surface area contributed by atoms with Gasteiger partial charge in [-0.05, 0) is 18.1 Å². The lowest BCUT2D eigenvalue weighted by atomic mass is 10.0. The summed E-state index contributed by atoms with van der Waals surface area (Å²) in [5.74, 6) is 0. The third-order valence-electron chi connectivity index (χ3n) is 2.85. The van der Waals surface area contributed by atoms with Gasteiger partial charge in [0, 0.05) is 18.6 Å². The Balaban J connectivity index is 2.28. The van der Waals surface area contributed by atoms with Crippen molar-refractivity contribution in [1.29, 1.82) is 0 Å². The van der Waals surface area contributed by atoms with E-state index < -0.39 is 6.43 Å². The van der Waals surface area contributed by atoms with Crippen molar-refractivity contribution in [1.82, 2.24) is 14.8 Å². The fraction of sp³-hybridized carbons (Fsp3) is 0.333. The zero-order valence-electron chi connectivity index (χ0n) is 10.3. The molecule has 3 nitrogen and oxygen atoms in total. The van der Waals surface area contributed by atoms with Crippen molar-refractivity contribution in [2.45, 2.75) is 25.8 Å². The average molecular weight is 249 g/mol. The molecule has 2 aromatic rings. The highest BCUT2D eigenvalue weighted by atomic mass is 19.3. The van der Waals surface area contributed by atoms with Gasteiger partial charge in [-0.15, -0.1) is 0 Å². The maximum Gasteiger partial charge on any atom is 0.280 e. The first-order chi connectivity index (χ1) is 8.61. The molecule has 0 amide bonds. The SMILES string of the molecule is Bc1cnn(C(CC)c2ccc(C(F)F)nc2)c1. The fourth-order valence-corrected chi connectivity index (χ4v) is 1.92. The fourth-order valence-electron chi connectivity index (χ4n) is 1.92. The Morgan fingerprint density at radius 2 is 2.11 bits per heavy atom. The summed E-state index contributed by atoms with van der Waals surface area (Å²) >= 11 is 0. The Morgan fingerprint density at radius 3 is 2.56 bits per heavy atom. The number of hydrogen-bond donors (Lipinski definition) is 0. The van der Waals surface area contributed by atoms with E-state index in [0.717, 1.165) is 17.4 Å². The molecule has 0 aliphatic rings. The number of hydrogen-bond acceptors (Lipinski definition) is 2. The highest BCUT2D eigenvalue weighted by Crippen LogP contribution is 2.22. The Labute approximate surface area is 105 Å². The lowest BCUT2D eigenvalue weighted by Gasteiger charge is -2.16. The van der Waals surface area contributed by atoms with Gasteiger partial charge in [-0.2, -0.15) is 5.10 Å². The van der Waals surface area contributed by atoms with E-state index >= 15 is 0 Å². The summed E-state index contributed by atoms with van der Waals surface area (Å²) in [7, 11) is 1.97. The minimum absolute atomic E-state index is 0.0397. The van der Waals surface area contributed by atoms with Crippen molar-refractivity contribution in [3.63, 3.8) is 0 Å². The van der Waals surface area contributed by atoms with Gasteiger partial charge in [0.15, 0.2) is 0 Å². The predicted molar refractivity (Wildman–Crippen MR) is 68.0 cm³/mol. The maximum absolute atomic E-state index is 12.4. The molecule has 0 fully saturated rings. The second-order valence-corrected chi connectivity index (χ2v) is 4.24. The molecule has 0 N–H and O–H groups in total. The Morgan fingerprint density at radius 1 is 1.33 bits per heavy atom. The largest absolute Gasteiger partial charge is 0.280 e. The Kier molecular flexibility index (Phi) is 3.74. The molecule has 1 unspecified atom stereocenters. The van der Waals surface area contributed by atoms with Gasteiger partial charge in [-0.25, -0.2) is 8.78 Å². The number of halogens is 2. The molecule has 0 spiro atoms. The van der Waals surface area contributed by atoms with E-state index in [1.54, 1.807) is 12.3 Å². The first kappa shape index (κ1) is 12.7. The number of pyridine rings is 1. The zero-order chi connectivity index (χ0) is 13.1. The standard InChI is InChI=1S/C12H14BF2N3/c1-2-11(18-7-9(13)6-17-18)8-3-4-10(12(14)15)16-5-8/h3-7,11-12H,2,13H2,1H3. The lowest BCUT2D eigenvalue weighted by molar-refractivity contribution is 0.146.